The van der Waals surface area contributed by atoms with Gasteiger partial charge >= 0.3 is 0 Å². The molecule has 4 N–H and O–H groups in total. The monoisotopic (exact) mass is 254 g/mol. The Morgan fingerprint density at radius 1 is 1.00 bits per heavy atom. The van der Waals surface area contributed by atoms with Crippen molar-refractivity contribution in [2.75, 3.05) is 11.5 Å². The lowest BCUT2D eigenvalue weighted by molar-refractivity contribution is 0.103. The Morgan fingerprint density at radius 3 is 2.26 bits per heavy atom. The van der Waals surface area contributed by atoms with Gasteiger partial charge in [0.15, 0.2) is 5.78 Å². The molecule has 2 aromatic rings. The lowest BCUT2D eigenvalue weighted by Gasteiger charge is -2.09. The highest BCUT2D eigenvalue weighted by atomic mass is 16.1. The van der Waals surface area contributed by atoms with Crippen LogP contribution in [-0.2, 0) is 6.42 Å². The summed E-state index contributed by atoms with van der Waals surface area (Å²) in [5.74, 6) is 0.0171. The predicted octanol–water partition coefficient (Wildman–Crippen LogP) is 3.03. The molecule has 0 aliphatic rings. The molecular weight excluding hydrogens is 236 g/mol. The molecule has 0 radical (unpaired) electrons. The lowest BCUT2D eigenvalue weighted by Crippen LogP contribution is -2.06. The van der Waals surface area contributed by atoms with Crippen LogP contribution in [0.4, 0.5) is 11.4 Å². The molecule has 0 saturated carbocycles. The van der Waals surface area contributed by atoms with E-state index in [0.29, 0.717) is 16.9 Å². The molecule has 0 fully saturated rings. The predicted molar refractivity (Wildman–Crippen MR) is 79.1 cm³/mol. The van der Waals surface area contributed by atoms with Crippen LogP contribution in [0, 0.1) is 0 Å². The topological polar surface area (TPSA) is 69.1 Å². The third-order valence-electron chi connectivity index (χ3n) is 3.07. The van der Waals surface area contributed by atoms with Gasteiger partial charge in [-0.3, -0.25) is 4.79 Å². The number of carbonyl (C=O) groups excluding carboxylic acids is 1. The summed E-state index contributed by atoms with van der Waals surface area (Å²) < 4.78 is 0. The highest BCUT2D eigenvalue weighted by molar-refractivity contribution is 6.10. The zero-order chi connectivity index (χ0) is 13.8. The summed E-state index contributed by atoms with van der Waals surface area (Å²) in [5, 5.41) is 0. The molecule has 3 heteroatoms. The van der Waals surface area contributed by atoms with Crippen molar-refractivity contribution in [3.05, 3.63) is 59.2 Å². The van der Waals surface area contributed by atoms with Crippen LogP contribution in [-0.4, -0.2) is 5.78 Å². The third kappa shape index (κ3) is 2.94. The number of nitrogen functional groups attached to an aromatic ring is 2. The van der Waals surface area contributed by atoms with E-state index in [1.54, 1.807) is 36.4 Å². The quantitative estimate of drug-likeness (QED) is 0.651. The minimum atomic E-state index is 0.0171. The van der Waals surface area contributed by atoms with E-state index in [1.807, 2.05) is 6.07 Å². The second-order valence-corrected chi connectivity index (χ2v) is 4.62. The average molecular weight is 254 g/mol. The van der Waals surface area contributed by atoms with Gasteiger partial charge in [-0.25, -0.2) is 0 Å². The number of rotatable bonds is 4. The first-order chi connectivity index (χ1) is 9.11. The highest BCUT2D eigenvalue weighted by Crippen LogP contribution is 2.20. The molecule has 0 saturated heterocycles. The van der Waals surface area contributed by atoms with Crippen molar-refractivity contribution in [3.63, 3.8) is 0 Å². The molecular formula is C16H18N2O. The number of benzene rings is 2. The first-order valence-corrected chi connectivity index (χ1v) is 6.40. The SMILES string of the molecule is CCCc1cc(N)ccc1C(=O)c1ccc(N)cc1. The molecule has 0 heterocycles. The second-order valence-electron chi connectivity index (χ2n) is 4.62. The van der Waals surface area contributed by atoms with E-state index < -0.39 is 0 Å². The molecule has 0 amide bonds. The molecule has 2 aromatic carbocycles. The van der Waals surface area contributed by atoms with Gasteiger partial charge in [-0.1, -0.05) is 13.3 Å². The van der Waals surface area contributed by atoms with E-state index in [2.05, 4.69) is 6.92 Å². The Bertz CT molecular complexity index is 588. The van der Waals surface area contributed by atoms with E-state index in [4.69, 9.17) is 11.5 Å². The Kier molecular flexibility index (Phi) is 3.85. The number of ketones is 1. The van der Waals surface area contributed by atoms with Crippen LogP contribution in [0.25, 0.3) is 0 Å². The minimum absolute atomic E-state index is 0.0171. The second kappa shape index (κ2) is 5.57. The maximum absolute atomic E-state index is 12.5. The Hall–Kier alpha value is -2.29. The minimum Gasteiger partial charge on any atom is -0.399 e. The van der Waals surface area contributed by atoms with E-state index in [-0.39, 0.29) is 5.78 Å². The summed E-state index contributed by atoms with van der Waals surface area (Å²) in [4.78, 5) is 12.5. The average Bonchev–Trinajstić information content (AvgIpc) is 2.39. The van der Waals surface area contributed by atoms with E-state index in [0.717, 1.165) is 24.0 Å². The number of aryl methyl sites for hydroxylation is 1. The standard InChI is InChI=1S/C16H18N2O/c1-2-3-12-10-14(18)8-9-15(12)16(19)11-4-6-13(17)7-5-11/h4-10H,2-3,17-18H2,1H3. The van der Waals surface area contributed by atoms with Crippen LogP contribution in [0.2, 0.25) is 0 Å². The van der Waals surface area contributed by atoms with Crippen molar-refractivity contribution in [1.82, 2.24) is 0 Å². The molecule has 3 nitrogen and oxygen atoms in total. The van der Waals surface area contributed by atoms with Gasteiger partial charge in [0.2, 0.25) is 0 Å². The molecule has 0 unspecified atom stereocenters. The number of hydrogen-bond donors (Lipinski definition) is 2. The van der Waals surface area contributed by atoms with Crippen LogP contribution in [0.5, 0.6) is 0 Å². The molecule has 0 atom stereocenters. The maximum atomic E-state index is 12.5. The number of hydrogen-bond acceptors (Lipinski definition) is 3. The van der Waals surface area contributed by atoms with Crippen molar-refractivity contribution in [3.8, 4) is 0 Å². The summed E-state index contributed by atoms with van der Waals surface area (Å²) in [6, 6.07) is 12.4. The number of carbonyl (C=O) groups is 1. The fraction of sp³-hybridized carbons (Fsp3) is 0.188. The van der Waals surface area contributed by atoms with Crippen LogP contribution in [0.1, 0.15) is 34.8 Å². The normalized spacial score (nSPS) is 10.4. The first-order valence-electron chi connectivity index (χ1n) is 6.40. The van der Waals surface area contributed by atoms with Crippen molar-refractivity contribution >= 4 is 17.2 Å². The van der Waals surface area contributed by atoms with Gasteiger partial charge < -0.3 is 11.5 Å². The molecule has 0 aromatic heterocycles. The van der Waals surface area contributed by atoms with E-state index in [9.17, 15) is 4.79 Å². The van der Waals surface area contributed by atoms with E-state index >= 15 is 0 Å². The van der Waals surface area contributed by atoms with Crippen LogP contribution in [0.3, 0.4) is 0 Å². The van der Waals surface area contributed by atoms with Crippen molar-refractivity contribution in [2.45, 2.75) is 19.8 Å². The van der Waals surface area contributed by atoms with Crippen LogP contribution in [0.15, 0.2) is 42.5 Å². The van der Waals surface area contributed by atoms with Gasteiger partial charge in [-0.15, -0.1) is 0 Å². The van der Waals surface area contributed by atoms with Gasteiger partial charge in [0.1, 0.15) is 0 Å². The summed E-state index contributed by atoms with van der Waals surface area (Å²) >= 11 is 0. The smallest absolute Gasteiger partial charge is 0.193 e. The van der Waals surface area contributed by atoms with Crippen LogP contribution < -0.4 is 11.5 Å². The summed E-state index contributed by atoms with van der Waals surface area (Å²) in [6.07, 6.45) is 1.83. The fourth-order valence-corrected chi connectivity index (χ4v) is 2.10. The molecule has 0 aliphatic heterocycles. The summed E-state index contributed by atoms with van der Waals surface area (Å²) in [5.41, 5.74) is 15.1. The molecule has 98 valence electrons. The van der Waals surface area contributed by atoms with Gasteiger partial charge in [0, 0.05) is 22.5 Å². The van der Waals surface area contributed by atoms with Gasteiger partial charge in [0.05, 0.1) is 0 Å². The number of nitrogens with two attached hydrogens (primary N) is 2. The molecule has 0 aliphatic carbocycles. The molecule has 0 bridgehead atoms. The van der Waals surface area contributed by atoms with Gasteiger partial charge in [-0.05, 0) is 54.4 Å². The zero-order valence-electron chi connectivity index (χ0n) is 11.0. The highest BCUT2D eigenvalue weighted by Gasteiger charge is 2.13. The van der Waals surface area contributed by atoms with Crippen molar-refractivity contribution < 1.29 is 4.79 Å². The van der Waals surface area contributed by atoms with Crippen molar-refractivity contribution in [2.24, 2.45) is 0 Å². The van der Waals surface area contributed by atoms with Crippen LogP contribution >= 0.6 is 0 Å². The zero-order valence-corrected chi connectivity index (χ0v) is 11.0. The summed E-state index contributed by atoms with van der Waals surface area (Å²) in [7, 11) is 0. The molecule has 0 spiro atoms. The Labute approximate surface area is 113 Å². The fourth-order valence-electron chi connectivity index (χ4n) is 2.10. The molecule has 19 heavy (non-hydrogen) atoms. The summed E-state index contributed by atoms with van der Waals surface area (Å²) in [6.45, 7) is 2.08. The van der Waals surface area contributed by atoms with Gasteiger partial charge in [-0.2, -0.15) is 0 Å². The van der Waals surface area contributed by atoms with Crippen molar-refractivity contribution in [1.29, 1.82) is 0 Å². The van der Waals surface area contributed by atoms with Gasteiger partial charge in [0.25, 0.3) is 0 Å². The molecule has 2 rings (SSSR count). The Morgan fingerprint density at radius 2 is 1.63 bits per heavy atom. The maximum Gasteiger partial charge on any atom is 0.193 e. The first kappa shape index (κ1) is 13.1. The Balaban J connectivity index is 2.40. The third-order valence-corrected chi connectivity index (χ3v) is 3.07. The largest absolute Gasteiger partial charge is 0.399 e. The lowest BCUT2D eigenvalue weighted by atomic mass is 9.95. The number of anilines is 2. The van der Waals surface area contributed by atoms with E-state index in [1.165, 1.54) is 0 Å².